The number of anilines is 1. The van der Waals surface area contributed by atoms with E-state index < -0.39 is 13.9 Å². The fourth-order valence-corrected chi connectivity index (χ4v) is 3.71. The molecule has 0 saturated carbocycles. The fraction of sp³-hybridized carbons (Fsp3) is 0.688. The van der Waals surface area contributed by atoms with Gasteiger partial charge in [-0.05, 0) is 12.8 Å². The zero-order valence-electron chi connectivity index (χ0n) is 15.9. The van der Waals surface area contributed by atoms with Crippen LogP contribution in [-0.2, 0) is 29.8 Å². The molecule has 156 valence electrons. The Kier molecular flexibility index (Phi) is 6.97. The number of aromatic nitrogens is 4. The summed E-state index contributed by atoms with van der Waals surface area (Å²) in [7, 11) is -3.88. The van der Waals surface area contributed by atoms with Crippen LogP contribution in [0.4, 0.5) is 5.82 Å². The van der Waals surface area contributed by atoms with Crippen LogP contribution in [-0.4, -0.2) is 63.0 Å². The van der Waals surface area contributed by atoms with Gasteiger partial charge in [-0.2, -0.15) is 0 Å². The molecule has 0 aliphatic carbocycles. The van der Waals surface area contributed by atoms with E-state index in [1.807, 2.05) is 0 Å². The Labute approximate surface area is 162 Å². The summed E-state index contributed by atoms with van der Waals surface area (Å²) in [5.41, 5.74) is 6.84. The lowest BCUT2D eigenvalue weighted by Crippen LogP contribution is -2.18. The van der Waals surface area contributed by atoms with Crippen LogP contribution in [0.5, 0.6) is 0 Å². The molecule has 12 heteroatoms. The molecule has 0 radical (unpaired) electrons. The Morgan fingerprint density at radius 1 is 1.43 bits per heavy atom. The van der Waals surface area contributed by atoms with E-state index in [0.717, 1.165) is 6.42 Å². The van der Waals surface area contributed by atoms with Crippen LogP contribution in [0.3, 0.4) is 0 Å². The third kappa shape index (κ3) is 5.69. The zero-order chi connectivity index (χ0) is 20.1. The van der Waals surface area contributed by atoms with Crippen molar-refractivity contribution in [2.45, 2.75) is 39.2 Å². The summed E-state index contributed by atoms with van der Waals surface area (Å²) >= 11 is 0. The molecular weight excluding hydrogens is 389 g/mol. The van der Waals surface area contributed by atoms with Gasteiger partial charge in [-0.15, -0.1) is 0 Å². The lowest BCUT2D eigenvalue weighted by molar-refractivity contribution is -0.116. The quantitative estimate of drug-likeness (QED) is 0.431. The van der Waals surface area contributed by atoms with Crippen LogP contribution in [0.1, 0.15) is 20.3 Å². The molecule has 0 spiro atoms. The number of rotatable bonds is 10. The van der Waals surface area contributed by atoms with Crippen molar-refractivity contribution >= 4 is 24.6 Å². The van der Waals surface area contributed by atoms with Crippen LogP contribution < -0.4 is 5.73 Å². The number of nitrogens with two attached hydrogens (primary N) is 1. The van der Waals surface area contributed by atoms with Crippen LogP contribution >= 0.6 is 7.60 Å². The molecule has 3 N–H and O–H groups in total. The fourth-order valence-electron chi connectivity index (χ4n) is 2.83. The molecular formula is C16H26N5O6P. The molecule has 2 unspecified atom stereocenters. The van der Waals surface area contributed by atoms with Crippen molar-refractivity contribution in [2.24, 2.45) is 5.92 Å². The largest absolute Gasteiger partial charge is 0.382 e. The average Bonchev–Trinajstić information content (AvgIpc) is 3.25. The van der Waals surface area contributed by atoms with E-state index in [4.69, 9.17) is 24.5 Å². The lowest BCUT2D eigenvalue weighted by atomic mass is 10.1. The maximum absolute atomic E-state index is 12.1. The van der Waals surface area contributed by atoms with Gasteiger partial charge in [0.05, 0.1) is 38.8 Å². The monoisotopic (exact) mass is 415 g/mol. The van der Waals surface area contributed by atoms with Gasteiger partial charge in [0.25, 0.3) is 0 Å². The second kappa shape index (κ2) is 9.25. The Morgan fingerprint density at radius 3 is 3.00 bits per heavy atom. The second-order valence-electron chi connectivity index (χ2n) is 6.88. The molecule has 0 aromatic carbocycles. The number of nitrogen functional groups attached to an aromatic ring is 1. The summed E-state index contributed by atoms with van der Waals surface area (Å²) in [5, 5.41) is 0. The van der Waals surface area contributed by atoms with Crippen LogP contribution in [0.15, 0.2) is 12.7 Å². The van der Waals surface area contributed by atoms with Gasteiger partial charge in [0.2, 0.25) is 0 Å². The Morgan fingerprint density at radius 2 is 2.25 bits per heavy atom. The van der Waals surface area contributed by atoms with Crippen LogP contribution in [0.25, 0.3) is 11.2 Å². The smallest absolute Gasteiger partial charge is 0.353 e. The summed E-state index contributed by atoms with van der Waals surface area (Å²) < 4.78 is 35.2. The van der Waals surface area contributed by atoms with E-state index in [0.29, 0.717) is 36.1 Å². The first kappa shape index (κ1) is 21.1. The first-order valence-corrected chi connectivity index (χ1v) is 10.8. The van der Waals surface area contributed by atoms with Crippen molar-refractivity contribution in [1.29, 1.82) is 0 Å². The first-order valence-electron chi connectivity index (χ1n) is 9.06. The maximum Gasteiger partial charge on any atom is 0.353 e. The van der Waals surface area contributed by atoms with E-state index in [-0.39, 0.29) is 25.6 Å². The topological polar surface area (TPSA) is 144 Å². The highest BCUT2D eigenvalue weighted by atomic mass is 31.2. The van der Waals surface area contributed by atoms with Gasteiger partial charge < -0.3 is 33.9 Å². The van der Waals surface area contributed by atoms with Gasteiger partial charge in [0.1, 0.15) is 18.2 Å². The molecule has 0 amide bonds. The molecule has 3 heterocycles. The molecule has 1 saturated heterocycles. The maximum atomic E-state index is 12.1. The lowest BCUT2D eigenvalue weighted by Gasteiger charge is -2.18. The first-order chi connectivity index (χ1) is 13.3. The highest BCUT2D eigenvalue weighted by Gasteiger charge is 2.24. The van der Waals surface area contributed by atoms with E-state index in [9.17, 15) is 9.46 Å². The summed E-state index contributed by atoms with van der Waals surface area (Å²) in [4.78, 5) is 22.1. The minimum absolute atomic E-state index is 0.0118. The van der Waals surface area contributed by atoms with Gasteiger partial charge in [-0.1, -0.05) is 6.92 Å². The van der Waals surface area contributed by atoms with Crippen molar-refractivity contribution in [3.8, 4) is 0 Å². The molecule has 0 bridgehead atoms. The van der Waals surface area contributed by atoms with Crippen molar-refractivity contribution in [2.75, 3.05) is 31.9 Å². The number of hydrogen-bond donors (Lipinski definition) is 2. The minimum atomic E-state index is -3.88. The molecule has 3 rings (SSSR count). The third-order valence-electron chi connectivity index (χ3n) is 4.25. The standard InChI is InChI=1S/C16H26N5O6P/c1-11-5-13(25-7-11)24-3-4-27-28(22,23)10-26-12(2)6-21-9-20-14-15(17)18-8-19-16(14)21/h8-9,11-13H,3-7,10H2,1-2H3,(H,22,23)(H2,17,18,19)/t11-,12-,13?/m1/s1. The van der Waals surface area contributed by atoms with Gasteiger partial charge in [0, 0.05) is 6.42 Å². The minimum Gasteiger partial charge on any atom is -0.382 e. The summed E-state index contributed by atoms with van der Waals surface area (Å²) in [6.07, 6.45) is 2.69. The van der Waals surface area contributed by atoms with E-state index in [2.05, 4.69) is 21.9 Å². The normalized spacial score (nSPS) is 23.1. The van der Waals surface area contributed by atoms with Gasteiger partial charge in [-0.3, -0.25) is 4.57 Å². The summed E-state index contributed by atoms with van der Waals surface area (Å²) in [6.45, 7) is 5.07. The van der Waals surface area contributed by atoms with E-state index in [1.165, 1.54) is 6.33 Å². The molecule has 4 atom stereocenters. The number of ether oxygens (including phenoxy) is 3. The highest BCUT2D eigenvalue weighted by molar-refractivity contribution is 7.52. The zero-order valence-corrected chi connectivity index (χ0v) is 16.8. The third-order valence-corrected chi connectivity index (χ3v) is 5.31. The predicted molar refractivity (Wildman–Crippen MR) is 100 cm³/mol. The molecule has 1 aliphatic heterocycles. The van der Waals surface area contributed by atoms with Crippen molar-refractivity contribution < 1.29 is 28.2 Å². The Balaban J connectivity index is 1.39. The SMILES string of the molecule is C[C@H]1COC(OCCOP(=O)(O)CO[C@H](C)Cn2cnc3c(N)ncnc32)C1. The van der Waals surface area contributed by atoms with E-state index in [1.54, 1.807) is 17.8 Å². The van der Waals surface area contributed by atoms with Crippen molar-refractivity contribution in [3.63, 3.8) is 0 Å². The van der Waals surface area contributed by atoms with Gasteiger partial charge >= 0.3 is 7.60 Å². The Bertz CT molecular complexity index is 833. The average molecular weight is 415 g/mol. The molecule has 11 nitrogen and oxygen atoms in total. The van der Waals surface area contributed by atoms with Crippen LogP contribution in [0, 0.1) is 5.92 Å². The van der Waals surface area contributed by atoms with Gasteiger partial charge in [0.15, 0.2) is 17.8 Å². The molecule has 28 heavy (non-hydrogen) atoms. The molecule has 2 aromatic rings. The Hall–Kier alpha value is -1.62. The number of nitrogens with zero attached hydrogens (tertiary/aromatic N) is 4. The van der Waals surface area contributed by atoms with Gasteiger partial charge in [-0.25, -0.2) is 15.0 Å². The summed E-state index contributed by atoms with van der Waals surface area (Å²) in [6, 6.07) is 0. The molecule has 2 aromatic heterocycles. The summed E-state index contributed by atoms with van der Waals surface area (Å²) in [5.74, 6) is 0.755. The second-order valence-corrected chi connectivity index (χ2v) is 8.67. The predicted octanol–water partition coefficient (Wildman–Crippen LogP) is 1.37. The van der Waals surface area contributed by atoms with Crippen molar-refractivity contribution in [1.82, 2.24) is 19.5 Å². The highest BCUT2D eigenvalue weighted by Crippen LogP contribution is 2.41. The van der Waals surface area contributed by atoms with Crippen LogP contribution in [0.2, 0.25) is 0 Å². The van der Waals surface area contributed by atoms with Crippen molar-refractivity contribution in [3.05, 3.63) is 12.7 Å². The number of fused-ring (bicyclic) bond motifs is 1. The molecule has 1 fully saturated rings. The van der Waals surface area contributed by atoms with E-state index >= 15 is 0 Å². The number of hydrogen-bond acceptors (Lipinski definition) is 9. The number of imidazole rings is 1. The molecule has 1 aliphatic rings.